The summed E-state index contributed by atoms with van der Waals surface area (Å²) < 4.78 is 11.6. The van der Waals surface area contributed by atoms with Crippen molar-refractivity contribution in [3.63, 3.8) is 0 Å². The Morgan fingerprint density at radius 1 is 1.22 bits per heavy atom. The van der Waals surface area contributed by atoms with Crippen LogP contribution in [-0.4, -0.2) is 40.4 Å². The predicted octanol–water partition coefficient (Wildman–Crippen LogP) is 2.22. The Bertz CT molecular complexity index is 632. The molecule has 1 spiro atoms. The minimum Gasteiger partial charge on any atom is -0.375 e. The number of pyridine rings is 1. The van der Waals surface area contributed by atoms with Crippen LogP contribution in [0.15, 0.2) is 29.0 Å². The van der Waals surface area contributed by atoms with Gasteiger partial charge in [0.2, 0.25) is 11.7 Å². The second kappa shape index (κ2) is 6.37. The van der Waals surface area contributed by atoms with Gasteiger partial charge in [-0.05, 0) is 56.8 Å². The summed E-state index contributed by atoms with van der Waals surface area (Å²) in [5.74, 6) is 1.94. The van der Waals surface area contributed by atoms with E-state index in [1.54, 1.807) is 12.4 Å². The molecule has 2 aromatic heterocycles. The third-order valence-electron chi connectivity index (χ3n) is 4.98. The lowest BCUT2D eigenvalue weighted by Gasteiger charge is -2.43. The van der Waals surface area contributed by atoms with Crippen molar-refractivity contribution >= 4 is 0 Å². The summed E-state index contributed by atoms with van der Waals surface area (Å²) in [4.78, 5) is 8.56. The number of ether oxygens (including phenoxy) is 1. The Morgan fingerprint density at radius 3 is 2.87 bits per heavy atom. The normalized spacial score (nSPS) is 23.9. The number of hydrogen-bond acceptors (Lipinski definition) is 6. The van der Waals surface area contributed by atoms with Crippen LogP contribution in [0.1, 0.15) is 31.6 Å². The molecule has 0 aliphatic carbocycles. The topological polar surface area (TPSA) is 73.1 Å². The first-order valence-electron chi connectivity index (χ1n) is 8.41. The van der Waals surface area contributed by atoms with Crippen molar-refractivity contribution in [2.45, 2.75) is 37.7 Å². The van der Waals surface area contributed by atoms with Crippen LogP contribution in [0.3, 0.4) is 0 Å². The number of rotatable bonds is 3. The molecule has 1 N–H and O–H groups in total. The highest BCUT2D eigenvalue weighted by atomic mass is 16.5. The van der Waals surface area contributed by atoms with Crippen molar-refractivity contribution in [2.75, 3.05) is 19.7 Å². The van der Waals surface area contributed by atoms with Gasteiger partial charge < -0.3 is 14.6 Å². The van der Waals surface area contributed by atoms with E-state index in [0.717, 1.165) is 63.3 Å². The molecule has 23 heavy (non-hydrogen) atoms. The largest absolute Gasteiger partial charge is 0.375 e. The SMILES string of the molecule is c1cc(-c2noc(CC3CCOC4(CCNCC4)C3)n2)ccn1. The van der Waals surface area contributed by atoms with Crippen LogP contribution in [-0.2, 0) is 11.2 Å². The lowest BCUT2D eigenvalue weighted by molar-refractivity contribution is -0.114. The maximum Gasteiger partial charge on any atom is 0.227 e. The summed E-state index contributed by atoms with van der Waals surface area (Å²) in [5, 5.41) is 7.52. The number of hydrogen-bond donors (Lipinski definition) is 1. The van der Waals surface area contributed by atoms with E-state index < -0.39 is 0 Å². The molecule has 6 nitrogen and oxygen atoms in total. The van der Waals surface area contributed by atoms with E-state index in [-0.39, 0.29) is 5.60 Å². The average molecular weight is 314 g/mol. The van der Waals surface area contributed by atoms with E-state index in [1.165, 1.54) is 0 Å². The molecular weight excluding hydrogens is 292 g/mol. The number of nitrogens with zero attached hydrogens (tertiary/aromatic N) is 3. The zero-order chi connectivity index (χ0) is 15.5. The number of nitrogens with one attached hydrogen (secondary N) is 1. The molecule has 2 aliphatic rings. The Kier molecular flexibility index (Phi) is 4.10. The summed E-state index contributed by atoms with van der Waals surface area (Å²) in [6.45, 7) is 2.95. The van der Waals surface area contributed by atoms with Crippen molar-refractivity contribution in [3.05, 3.63) is 30.4 Å². The van der Waals surface area contributed by atoms with Crippen molar-refractivity contribution in [3.8, 4) is 11.4 Å². The van der Waals surface area contributed by atoms with Gasteiger partial charge in [0.15, 0.2) is 0 Å². The van der Waals surface area contributed by atoms with Gasteiger partial charge in [0.25, 0.3) is 0 Å². The molecule has 0 amide bonds. The molecule has 1 unspecified atom stereocenters. The van der Waals surface area contributed by atoms with Crippen LogP contribution in [0, 0.1) is 5.92 Å². The van der Waals surface area contributed by atoms with Crippen molar-refractivity contribution in [1.82, 2.24) is 20.4 Å². The Hall–Kier alpha value is -1.79. The lowest BCUT2D eigenvalue weighted by Crippen LogP contribution is -2.48. The highest BCUT2D eigenvalue weighted by Crippen LogP contribution is 2.37. The van der Waals surface area contributed by atoms with E-state index in [1.807, 2.05) is 12.1 Å². The highest BCUT2D eigenvalue weighted by Gasteiger charge is 2.38. The molecule has 0 saturated carbocycles. The molecule has 4 heterocycles. The van der Waals surface area contributed by atoms with Gasteiger partial charge in [0.1, 0.15) is 0 Å². The first-order valence-corrected chi connectivity index (χ1v) is 8.41. The van der Waals surface area contributed by atoms with Gasteiger partial charge in [-0.3, -0.25) is 4.98 Å². The molecular formula is C17H22N4O2. The van der Waals surface area contributed by atoms with Crippen molar-refractivity contribution < 1.29 is 9.26 Å². The van der Waals surface area contributed by atoms with E-state index in [4.69, 9.17) is 9.26 Å². The fraction of sp³-hybridized carbons (Fsp3) is 0.588. The molecule has 0 aromatic carbocycles. The van der Waals surface area contributed by atoms with Gasteiger partial charge in [0.05, 0.1) is 5.60 Å². The van der Waals surface area contributed by atoms with Gasteiger partial charge in [-0.25, -0.2) is 0 Å². The molecule has 2 aromatic rings. The highest BCUT2D eigenvalue weighted by molar-refractivity contribution is 5.52. The molecule has 2 aliphatic heterocycles. The van der Waals surface area contributed by atoms with Gasteiger partial charge in [0, 0.05) is 31.0 Å². The predicted molar refractivity (Wildman–Crippen MR) is 84.7 cm³/mol. The monoisotopic (exact) mass is 314 g/mol. The van der Waals surface area contributed by atoms with Gasteiger partial charge >= 0.3 is 0 Å². The van der Waals surface area contributed by atoms with E-state index in [2.05, 4.69) is 20.4 Å². The molecule has 2 fully saturated rings. The van der Waals surface area contributed by atoms with Crippen molar-refractivity contribution in [2.24, 2.45) is 5.92 Å². The summed E-state index contributed by atoms with van der Waals surface area (Å²) in [7, 11) is 0. The second-order valence-electron chi connectivity index (χ2n) is 6.59. The summed E-state index contributed by atoms with van der Waals surface area (Å²) in [6.07, 6.45) is 8.71. The van der Waals surface area contributed by atoms with Crippen LogP contribution in [0.5, 0.6) is 0 Å². The molecule has 0 bridgehead atoms. The zero-order valence-electron chi connectivity index (χ0n) is 13.2. The third kappa shape index (κ3) is 3.28. The van der Waals surface area contributed by atoms with Gasteiger partial charge in [-0.15, -0.1) is 0 Å². The van der Waals surface area contributed by atoms with Crippen LogP contribution in [0.25, 0.3) is 11.4 Å². The van der Waals surface area contributed by atoms with Crippen LogP contribution >= 0.6 is 0 Å². The third-order valence-corrected chi connectivity index (χ3v) is 4.98. The van der Waals surface area contributed by atoms with E-state index in [0.29, 0.717) is 11.7 Å². The molecule has 4 rings (SSSR count). The second-order valence-corrected chi connectivity index (χ2v) is 6.59. The zero-order valence-corrected chi connectivity index (χ0v) is 13.2. The minimum absolute atomic E-state index is 0.0715. The van der Waals surface area contributed by atoms with Gasteiger partial charge in [-0.2, -0.15) is 4.98 Å². The average Bonchev–Trinajstić information content (AvgIpc) is 3.05. The first-order chi connectivity index (χ1) is 11.3. The van der Waals surface area contributed by atoms with Crippen molar-refractivity contribution in [1.29, 1.82) is 0 Å². The maximum absolute atomic E-state index is 6.14. The van der Waals surface area contributed by atoms with Gasteiger partial charge in [-0.1, -0.05) is 5.16 Å². The minimum atomic E-state index is 0.0715. The molecule has 1 atom stereocenters. The van der Waals surface area contributed by atoms with Crippen LogP contribution in [0.2, 0.25) is 0 Å². The number of aromatic nitrogens is 3. The fourth-order valence-corrected chi connectivity index (χ4v) is 3.74. The maximum atomic E-state index is 6.14. The molecule has 2 saturated heterocycles. The summed E-state index contributed by atoms with van der Waals surface area (Å²) in [6, 6.07) is 3.79. The molecule has 0 radical (unpaired) electrons. The molecule has 122 valence electrons. The summed E-state index contributed by atoms with van der Waals surface area (Å²) >= 11 is 0. The number of piperidine rings is 1. The summed E-state index contributed by atoms with van der Waals surface area (Å²) in [5.41, 5.74) is 1.01. The fourth-order valence-electron chi connectivity index (χ4n) is 3.74. The Morgan fingerprint density at radius 2 is 2.04 bits per heavy atom. The van der Waals surface area contributed by atoms with Crippen LogP contribution in [0.4, 0.5) is 0 Å². The standard InChI is InChI=1S/C17H22N4O2/c1-6-18-7-2-14(1)16-20-15(23-21-16)11-13-3-10-22-17(12-13)4-8-19-9-5-17/h1-2,6-7,13,19H,3-5,8-12H2. The van der Waals surface area contributed by atoms with E-state index >= 15 is 0 Å². The molecule has 6 heteroatoms. The lowest BCUT2D eigenvalue weighted by atomic mass is 9.79. The Labute approximate surface area is 135 Å². The van der Waals surface area contributed by atoms with Crippen LogP contribution < -0.4 is 5.32 Å². The van der Waals surface area contributed by atoms with E-state index in [9.17, 15) is 0 Å². The smallest absolute Gasteiger partial charge is 0.227 e. The Balaban J connectivity index is 1.43. The first kappa shape index (κ1) is 14.8. The quantitative estimate of drug-likeness (QED) is 0.936.